The molecule has 0 N–H and O–H groups in total. The van der Waals surface area contributed by atoms with Crippen molar-refractivity contribution in [2.45, 2.75) is 64.7 Å². The van der Waals surface area contributed by atoms with Crippen molar-refractivity contribution < 1.29 is 4.74 Å². The summed E-state index contributed by atoms with van der Waals surface area (Å²) in [6.45, 7) is 12.5. The quantitative estimate of drug-likeness (QED) is 0.702. The van der Waals surface area contributed by atoms with Gasteiger partial charge in [-0.3, -0.25) is 0 Å². The van der Waals surface area contributed by atoms with Gasteiger partial charge in [0.2, 0.25) is 0 Å². The number of ether oxygens (including phenoxy) is 1. The molecule has 1 aliphatic carbocycles. The number of fused-ring (bicyclic) bond motifs is 1. The Bertz CT molecular complexity index is 492. The van der Waals surface area contributed by atoms with Crippen LogP contribution >= 0.6 is 0 Å². The topological polar surface area (TPSA) is 9.23 Å². The molecule has 0 atom stereocenters. The Morgan fingerprint density at radius 3 is 2.40 bits per heavy atom. The molecule has 0 heterocycles. The molecule has 1 aromatic rings. The molecule has 0 unspecified atom stereocenters. The normalized spacial score (nSPS) is 19.5. The van der Waals surface area contributed by atoms with Gasteiger partial charge in [-0.2, -0.15) is 0 Å². The molecule has 0 aliphatic heterocycles. The Balaban J connectivity index is 2.62. The van der Waals surface area contributed by atoms with Gasteiger partial charge in [0.15, 0.2) is 0 Å². The molecule has 0 aromatic heterocycles. The maximum atomic E-state index is 6.12. The molecule has 20 heavy (non-hydrogen) atoms. The summed E-state index contributed by atoms with van der Waals surface area (Å²) in [6.07, 6.45) is 3.55. The van der Waals surface area contributed by atoms with Gasteiger partial charge < -0.3 is 0 Å². The van der Waals surface area contributed by atoms with Crippen LogP contribution in [0.4, 0.5) is 0 Å². The molecule has 0 saturated carbocycles. The minimum absolute atomic E-state index is 0.219. The predicted octanol–water partition coefficient (Wildman–Crippen LogP) is 3.24. The van der Waals surface area contributed by atoms with E-state index in [9.17, 15) is 0 Å². The zero-order chi connectivity index (χ0) is 15.0. The van der Waals surface area contributed by atoms with Gasteiger partial charge in [-0.05, 0) is 0 Å². The van der Waals surface area contributed by atoms with Crippen molar-refractivity contribution in [3.05, 3.63) is 23.3 Å². The van der Waals surface area contributed by atoms with E-state index in [0.717, 1.165) is 18.8 Å². The second-order valence-electron chi connectivity index (χ2n) is 7.04. The van der Waals surface area contributed by atoms with Crippen molar-refractivity contribution in [1.29, 1.82) is 0 Å². The summed E-state index contributed by atoms with van der Waals surface area (Å²) in [5.41, 5.74) is 3.44. The van der Waals surface area contributed by atoms with Crippen LogP contribution in [0.1, 0.15) is 65.0 Å². The van der Waals surface area contributed by atoms with Crippen LogP contribution < -0.4 is 9.20 Å². The fraction of sp³-hybridized carbons (Fsp3) is 0.647. The second kappa shape index (κ2) is 6.05. The van der Waals surface area contributed by atoms with Crippen molar-refractivity contribution in [3.63, 3.8) is 0 Å². The Hall–Kier alpha value is 0.0590. The summed E-state index contributed by atoms with van der Waals surface area (Å²) in [5.74, 6) is 1.13. The maximum absolute atomic E-state index is 6.12. The van der Waals surface area contributed by atoms with Crippen LogP contribution in [0.3, 0.4) is 0 Å². The van der Waals surface area contributed by atoms with E-state index in [1.165, 1.54) is 28.4 Å². The third-order valence-corrected chi connectivity index (χ3v) is 7.41. The first kappa shape index (κ1) is 16.4. The van der Waals surface area contributed by atoms with Crippen molar-refractivity contribution in [1.82, 2.24) is 0 Å². The first-order valence-corrected chi connectivity index (χ1v) is 12.6. The number of hydrogen-bond acceptors (Lipinski definition) is 1. The summed E-state index contributed by atoms with van der Waals surface area (Å²) >= 11 is 3.60. The van der Waals surface area contributed by atoms with E-state index in [4.69, 9.17) is 4.74 Å². The van der Waals surface area contributed by atoms with Crippen molar-refractivity contribution in [3.8, 4) is 5.75 Å². The van der Waals surface area contributed by atoms with E-state index >= 15 is 0 Å². The van der Waals surface area contributed by atoms with E-state index in [1.807, 2.05) is 0 Å². The molecule has 1 nitrogen and oxygen atoms in total. The van der Waals surface area contributed by atoms with Gasteiger partial charge in [0.25, 0.3) is 0 Å². The van der Waals surface area contributed by atoms with Crippen molar-refractivity contribution in [2.75, 3.05) is 6.61 Å². The van der Waals surface area contributed by atoms with Crippen LogP contribution in [-0.2, 0) is 10.8 Å². The molecule has 111 valence electrons. The predicted molar refractivity (Wildman–Crippen MR) is 88.7 cm³/mol. The van der Waals surface area contributed by atoms with E-state index in [-0.39, 0.29) is 10.8 Å². The van der Waals surface area contributed by atoms with Crippen LogP contribution in [0, 0.1) is 0 Å². The van der Waals surface area contributed by atoms with Crippen LogP contribution in [0.15, 0.2) is 12.1 Å². The third-order valence-electron chi connectivity index (χ3n) is 4.41. The van der Waals surface area contributed by atoms with Gasteiger partial charge in [-0.1, -0.05) is 0 Å². The van der Waals surface area contributed by atoms with Gasteiger partial charge in [0.1, 0.15) is 0 Å². The van der Waals surface area contributed by atoms with Gasteiger partial charge in [0, 0.05) is 0 Å². The van der Waals surface area contributed by atoms with Gasteiger partial charge in [-0.25, -0.2) is 0 Å². The van der Waals surface area contributed by atoms with Crippen molar-refractivity contribution >= 4 is 31.8 Å². The summed E-state index contributed by atoms with van der Waals surface area (Å²) in [5, 5.41) is 0. The Kier molecular flexibility index (Phi) is 4.97. The number of hydrogen-bond donors (Lipinski definition) is 0. The van der Waals surface area contributed by atoms with Crippen LogP contribution in [0.5, 0.6) is 5.75 Å². The summed E-state index contributed by atoms with van der Waals surface area (Å²) in [7, 11) is 0. The summed E-state index contributed by atoms with van der Waals surface area (Å²) in [4.78, 5) is 0. The molecule has 0 spiro atoms. The van der Waals surface area contributed by atoms with E-state index in [1.54, 1.807) is 0 Å². The SMILES string of the molecule is CCCOc1cc([Se][Se])cc2c1C(C)(C)CCC2(C)C. The Morgan fingerprint density at radius 1 is 1.15 bits per heavy atom. The zero-order valence-electron chi connectivity index (χ0n) is 13.2. The standard InChI is InChI=1S/C17H25OSe2/c1-6-9-18-14-11-12(20-19)10-13-15(14)17(4,5)8-7-16(13,2)3/h10-11H,6-9H2,1-5H3. The van der Waals surface area contributed by atoms with E-state index < -0.39 is 0 Å². The molecule has 0 fully saturated rings. The molecule has 2 rings (SSSR count). The molecule has 1 radical (unpaired) electrons. The Morgan fingerprint density at radius 2 is 1.80 bits per heavy atom. The monoisotopic (exact) mass is 405 g/mol. The molecule has 1 aromatic carbocycles. The number of benzene rings is 1. The van der Waals surface area contributed by atoms with E-state index in [0.29, 0.717) is 13.1 Å². The molecule has 0 bridgehead atoms. The van der Waals surface area contributed by atoms with Crippen LogP contribution in [0.2, 0.25) is 0 Å². The van der Waals surface area contributed by atoms with Crippen molar-refractivity contribution in [2.24, 2.45) is 0 Å². The van der Waals surface area contributed by atoms with E-state index in [2.05, 4.69) is 60.9 Å². The van der Waals surface area contributed by atoms with Crippen LogP contribution in [-0.4, -0.2) is 33.9 Å². The first-order chi connectivity index (χ1) is 9.31. The fourth-order valence-electron chi connectivity index (χ4n) is 3.08. The van der Waals surface area contributed by atoms with Crippen LogP contribution in [0.25, 0.3) is 0 Å². The third kappa shape index (κ3) is 3.12. The summed E-state index contributed by atoms with van der Waals surface area (Å²) in [6, 6.07) is 4.69. The Labute approximate surface area is 136 Å². The number of rotatable bonds is 4. The minimum atomic E-state index is 0.219. The van der Waals surface area contributed by atoms with Gasteiger partial charge in [-0.15, -0.1) is 0 Å². The average Bonchev–Trinajstić information content (AvgIpc) is 2.40. The zero-order valence-corrected chi connectivity index (χ0v) is 16.6. The molecule has 3 heteroatoms. The van der Waals surface area contributed by atoms with Gasteiger partial charge >= 0.3 is 137 Å². The molecular weight excluding hydrogens is 378 g/mol. The fourth-order valence-corrected chi connectivity index (χ4v) is 4.80. The molecular formula is C17H25OSe2. The summed E-state index contributed by atoms with van der Waals surface area (Å²) < 4.78 is 7.53. The van der Waals surface area contributed by atoms with Gasteiger partial charge in [0.05, 0.1) is 0 Å². The molecule has 0 saturated heterocycles. The molecule has 1 aliphatic rings. The average molecular weight is 403 g/mol. The second-order valence-corrected chi connectivity index (χ2v) is 10.2. The first-order valence-electron chi connectivity index (χ1n) is 7.43. The molecule has 0 amide bonds.